The number of carbonyl (C=O) groups is 1. The highest BCUT2D eigenvalue weighted by atomic mass is 16.2. The summed E-state index contributed by atoms with van der Waals surface area (Å²) in [4.78, 5) is 17.1. The molecule has 0 fully saturated rings. The van der Waals surface area contributed by atoms with E-state index in [4.69, 9.17) is 4.98 Å². The fourth-order valence-corrected chi connectivity index (χ4v) is 3.47. The predicted molar refractivity (Wildman–Crippen MR) is 110 cm³/mol. The summed E-state index contributed by atoms with van der Waals surface area (Å²) < 4.78 is 3.83. The summed E-state index contributed by atoms with van der Waals surface area (Å²) in [7, 11) is 1.75. The maximum Gasteiger partial charge on any atom is 0.273 e. The number of aromatic nitrogens is 4. The molecule has 28 heavy (non-hydrogen) atoms. The van der Waals surface area contributed by atoms with Crippen molar-refractivity contribution in [3.8, 4) is 0 Å². The second kappa shape index (κ2) is 7.68. The van der Waals surface area contributed by atoms with Crippen LogP contribution in [-0.2, 0) is 26.4 Å². The van der Waals surface area contributed by atoms with Gasteiger partial charge in [-0.2, -0.15) is 5.10 Å². The molecule has 2 aromatic heterocycles. The van der Waals surface area contributed by atoms with Crippen LogP contribution in [0.2, 0.25) is 0 Å². The van der Waals surface area contributed by atoms with Crippen molar-refractivity contribution >= 4 is 22.6 Å². The van der Waals surface area contributed by atoms with Crippen molar-refractivity contribution in [2.75, 3.05) is 5.32 Å². The topological polar surface area (TPSA) is 64.7 Å². The third kappa shape index (κ3) is 3.53. The van der Waals surface area contributed by atoms with Gasteiger partial charge in [0.1, 0.15) is 11.5 Å². The maximum atomic E-state index is 12.3. The summed E-state index contributed by atoms with van der Waals surface area (Å²) in [6.07, 6.45) is 3.39. The number of benzene rings is 2. The highest BCUT2D eigenvalue weighted by Gasteiger charge is 2.11. The number of anilines is 1. The Kier molecular flexibility index (Phi) is 4.93. The SMILES string of the molecule is CCn1c(CCc2ccc(NC(=O)c3ccnn3C)cc2)nc2ccccc21. The smallest absolute Gasteiger partial charge is 0.273 e. The van der Waals surface area contributed by atoms with Gasteiger partial charge in [0.2, 0.25) is 0 Å². The summed E-state index contributed by atoms with van der Waals surface area (Å²) in [6.45, 7) is 3.06. The van der Waals surface area contributed by atoms with Crippen LogP contribution in [0, 0.1) is 0 Å². The molecule has 0 aliphatic carbocycles. The van der Waals surface area contributed by atoms with Crippen LogP contribution in [0.4, 0.5) is 5.69 Å². The van der Waals surface area contributed by atoms with Gasteiger partial charge in [-0.15, -0.1) is 0 Å². The van der Waals surface area contributed by atoms with Crippen molar-refractivity contribution < 1.29 is 4.79 Å². The van der Waals surface area contributed by atoms with Gasteiger partial charge in [-0.1, -0.05) is 24.3 Å². The average Bonchev–Trinajstić information content (AvgIpc) is 3.30. The predicted octanol–water partition coefficient (Wildman–Crippen LogP) is 3.83. The molecule has 2 aromatic carbocycles. The molecule has 6 nitrogen and oxygen atoms in total. The Hall–Kier alpha value is -3.41. The summed E-state index contributed by atoms with van der Waals surface area (Å²) in [5, 5.41) is 6.93. The highest BCUT2D eigenvalue weighted by molar-refractivity contribution is 6.02. The largest absolute Gasteiger partial charge is 0.328 e. The zero-order chi connectivity index (χ0) is 19.5. The molecule has 2 heterocycles. The number of carbonyl (C=O) groups excluding carboxylic acids is 1. The number of hydrogen-bond donors (Lipinski definition) is 1. The van der Waals surface area contributed by atoms with Crippen molar-refractivity contribution in [1.29, 1.82) is 0 Å². The van der Waals surface area contributed by atoms with Crippen LogP contribution >= 0.6 is 0 Å². The number of rotatable bonds is 6. The van der Waals surface area contributed by atoms with Crippen molar-refractivity contribution in [1.82, 2.24) is 19.3 Å². The van der Waals surface area contributed by atoms with Gasteiger partial charge in [-0.25, -0.2) is 4.98 Å². The van der Waals surface area contributed by atoms with E-state index in [2.05, 4.69) is 52.2 Å². The van der Waals surface area contributed by atoms with Gasteiger partial charge >= 0.3 is 0 Å². The summed E-state index contributed by atoms with van der Waals surface area (Å²) in [6, 6.07) is 17.9. The van der Waals surface area contributed by atoms with E-state index in [-0.39, 0.29) is 5.91 Å². The molecule has 0 radical (unpaired) electrons. The minimum absolute atomic E-state index is 0.163. The number of aryl methyl sites for hydroxylation is 4. The fraction of sp³-hybridized carbons (Fsp3) is 0.227. The number of hydrogen-bond acceptors (Lipinski definition) is 3. The second-order valence-corrected chi connectivity index (χ2v) is 6.75. The molecule has 0 aliphatic rings. The van der Waals surface area contributed by atoms with Crippen LogP contribution in [0.15, 0.2) is 60.8 Å². The van der Waals surface area contributed by atoms with Crippen LogP contribution < -0.4 is 5.32 Å². The maximum absolute atomic E-state index is 12.3. The number of para-hydroxylation sites is 2. The van der Waals surface area contributed by atoms with Gasteiger partial charge < -0.3 is 9.88 Å². The van der Waals surface area contributed by atoms with E-state index in [1.807, 2.05) is 18.2 Å². The molecule has 0 saturated heterocycles. The Morgan fingerprint density at radius 2 is 1.82 bits per heavy atom. The molecule has 0 saturated carbocycles. The Bertz CT molecular complexity index is 1110. The summed E-state index contributed by atoms with van der Waals surface area (Å²) >= 11 is 0. The van der Waals surface area contributed by atoms with Crippen LogP contribution in [0.1, 0.15) is 28.8 Å². The molecule has 4 rings (SSSR count). The van der Waals surface area contributed by atoms with Gasteiger partial charge in [-0.3, -0.25) is 9.48 Å². The first-order valence-corrected chi connectivity index (χ1v) is 9.48. The first-order chi connectivity index (χ1) is 13.7. The van der Waals surface area contributed by atoms with Crippen molar-refractivity contribution in [2.24, 2.45) is 7.05 Å². The van der Waals surface area contributed by atoms with Gasteiger partial charge in [0.05, 0.1) is 11.0 Å². The van der Waals surface area contributed by atoms with Crippen LogP contribution in [0.25, 0.3) is 11.0 Å². The first-order valence-electron chi connectivity index (χ1n) is 9.48. The number of nitrogens with zero attached hydrogens (tertiary/aromatic N) is 4. The van der Waals surface area contributed by atoms with E-state index < -0.39 is 0 Å². The quantitative estimate of drug-likeness (QED) is 0.559. The van der Waals surface area contributed by atoms with E-state index in [0.29, 0.717) is 5.69 Å². The molecule has 1 N–H and O–H groups in total. The van der Waals surface area contributed by atoms with Gasteiger partial charge in [0.25, 0.3) is 5.91 Å². The molecule has 0 aliphatic heterocycles. The van der Waals surface area contributed by atoms with E-state index >= 15 is 0 Å². The Morgan fingerprint density at radius 1 is 1.04 bits per heavy atom. The molecule has 0 unspecified atom stereocenters. The van der Waals surface area contributed by atoms with Crippen molar-refractivity contribution in [3.05, 3.63) is 77.9 Å². The summed E-state index contributed by atoms with van der Waals surface area (Å²) in [5.41, 5.74) is 4.76. The Morgan fingerprint density at radius 3 is 2.54 bits per heavy atom. The number of fused-ring (bicyclic) bond motifs is 1. The van der Waals surface area contributed by atoms with Crippen molar-refractivity contribution in [3.63, 3.8) is 0 Å². The summed E-state index contributed by atoms with van der Waals surface area (Å²) in [5.74, 6) is 0.946. The van der Waals surface area contributed by atoms with E-state index in [9.17, 15) is 4.79 Å². The molecular weight excluding hydrogens is 350 g/mol. The molecule has 1 amide bonds. The zero-order valence-corrected chi connectivity index (χ0v) is 16.1. The second-order valence-electron chi connectivity index (χ2n) is 6.75. The lowest BCUT2D eigenvalue weighted by Gasteiger charge is -2.08. The standard InChI is InChI=1S/C22H23N5O/c1-3-27-19-7-5-4-6-18(19)25-21(27)13-10-16-8-11-17(12-9-16)24-22(28)20-14-15-23-26(20)2/h4-9,11-12,14-15H,3,10,13H2,1-2H3,(H,24,28). The highest BCUT2D eigenvalue weighted by Crippen LogP contribution is 2.18. The average molecular weight is 373 g/mol. The minimum Gasteiger partial charge on any atom is -0.328 e. The monoisotopic (exact) mass is 373 g/mol. The molecule has 142 valence electrons. The van der Waals surface area contributed by atoms with Gasteiger partial charge in [0, 0.05) is 31.9 Å². The first kappa shape index (κ1) is 18.0. The lowest BCUT2D eigenvalue weighted by molar-refractivity contribution is 0.101. The van der Waals surface area contributed by atoms with E-state index in [1.165, 1.54) is 11.1 Å². The molecule has 0 atom stereocenters. The Balaban J connectivity index is 1.43. The number of imidazole rings is 1. The molecule has 0 bridgehead atoms. The van der Waals surface area contributed by atoms with Crippen LogP contribution in [-0.4, -0.2) is 25.2 Å². The molecular formula is C22H23N5O. The molecule has 4 aromatic rings. The third-order valence-electron chi connectivity index (χ3n) is 4.95. The molecule has 6 heteroatoms. The number of nitrogens with one attached hydrogen (secondary N) is 1. The van der Waals surface area contributed by atoms with E-state index in [0.717, 1.165) is 36.4 Å². The van der Waals surface area contributed by atoms with Gasteiger partial charge in [-0.05, 0) is 49.2 Å². The number of amides is 1. The van der Waals surface area contributed by atoms with Crippen LogP contribution in [0.5, 0.6) is 0 Å². The van der Waals surface area contributed by atoms with Gasteiger partial charge in [0.15, 0.2) is 0 Å². The lowest BCUT2D eigenvalue weighted by atomic mass is 10.1. The molecule has 0 spiro atoms. The zero-order valence-electron chi connectivity index (χ0n) is 16.1. The van der Waals surface area contributed by atoms with E-state index in [1.54, 1.807) is 24.0 Å². The third-order valence-corrected chi connectivity index (χ3v) is 4.95. The minimum atomic E-state index is -0.163. The Labute approximate surface area is 163 Å². The lowest BCUT2D eigenvalue weighted by Crippen LogP contribution is -2.16. The normalized spacial score (nSPS) is 11.1. The fourth-order valence-electron chi connectivity index (χ4n) is 3.47. The van der Waals surface area contributed by atoms with Crippen LogP contribution in [0.3, 0.4) is 0 Å². The van der Waals surface area contributed by atoms with Crippen molar-refractivity contribution in [2.45, 2.75) is 26.3 Å².